The van der Waals surface area contributed by atoms with Crippen molar-refractivity contribution in [3.63, 3.8) is 0 Å². The van der Waals surface area contributed by atoms with Crippen molar-refractivity contribution in [2.45, 2.75) is 13.1 Å². The summed E-state index contributed by atoms with van der Waals surface area (Å²) in [6, 6.07) is 4.15. The first kappa shape index (κ1) is 23.2. The molecule has 0 unspecified atom stereocenters. The van der Waals surface area contributed by atoms with Crippen LogP contribution in [0.2, 0.25) is 5.02 Å². The molecule has 0 atom stereocenters. The molecule has 0 bridgehead atoms. The van der Waals surface area contributed by atoms with Gasteiger partial charge >= 0.3 is 11.4 Å². The predicted octanol–water partition coefficient (Wildman–Crippen LogP) is 1.72. The van der Waals surface area contributed by atoms with Crippen molar-refractivity contribution in [3.8, 4) is 0 Å². The van der Waals surface area contributed by atoms with Crippen LogP contribution in [-0.4, -0.2) is 44.5 Å². The molecule has 184 valence electrons. The van der Waals surface area contributed by atoms with Gasteiger partial charge in [0, 0.05) is 30.3 Å². The van der Waals surface area contributed by atoms with E-state index in [1.807, 2.05) is 0 Å². The van der Waals surface area contributed by atoms with Crippen molar-refractivity contribution in [3.05, 3.63) is 85.3 Å². The molecule has 36 heavy (non-hydrogen) atoms. The highest BCUT2D eigenvalue weighted by Crippen LogP contribution is 2.29. The fourth-order valence-electron chi connectivity index (χ4n) is 3.53. The lowest BCUT2D eigenvalue weighted by Gasteiger charge is -2.16. The minimum Gasteiger partial charge on any atom is -0.324 e. The van der Waals surface area contributed by atoms with Crippen molar-refractivity contribution in [1.82, 2.24) is 44.5 Å². The smallest absolute Gasteiger partial charge is 0.324 e. The molecule has 2 aromatic carbocycles. The van der Waals surface area contributed by atoms with Crippen LogP contribution in [0.3, 0.4) is 0 Å². The van der Waals surface area contributed by atoms with Gasteiger partial charge in [-0.25, -0.2) is 27.3 Å². The second-order valence-corrected chi connectivity index (χ2v) is 8.08. The van der Waals surface area contributed by atoms with Gasteiger partial charge in [0.2, 0.25) is 5.95 Å². The first-order chi connectivity index (χ1) is 17.2. The van der Waals surface area contributed by atoms with Gasteiger partial charge in [-0.2, -0.15) is 15.3 Å². The van der Waals surface area contributed by atoms with Crippen LogP contribution in [0.1, 0.15) is 11.4 Å². The number of H-pyrrole nitrogens is 1. The molecule has 12 nitrogen and oxygen atoms in total. The van der Waals surface area contributed by atoms with Gasteiger partial charge in [-0.3, -0.25) is 9.25 Å². The highest BCUT2D eigenvalue weighted by atomic mass is 35.5. The van der Waals surface area contributed by atoms with Crippen LogP contribution in [-0.2, 0) is 20.1 Å². The van der Waals surface area contributed by atoms with E-state index in [-0.39, 0.29) is 28.0 Å². The molecule has 0 fully saturated rings. The maximum absolute atomic E-state index is 14.4. The number of tetrazole rings is 1. The van der Waals surface area contributed by atoms with E-state index in [4.69, 9.17) is 11.6 Å². The van der Waals surface area contributed by atoms with Crippen molar-refractivity contribution < 1.29 is 13.2 Å². The fourth-order valence-corrected chi connectivity index (χ4v) is 3.74. The minimum absolute atomic E-state index is 0.00680. The molecule has 5 rings (SSSR count). The molecule has 3 heterocycles. The topological polar surface area (TPSA) is 141 Å². The van der Waals surface area contributed by atoms with E-state index >= 15 is 0 Å². The molecule has 0 spiro atoms. The zero-order valence-corrected chi connectivity index (χ0v) is 19.0. The Bertz CT molecular complexity index is 1730. The van der Waals surface area contributed by atoms with E-state index in [0.29, 0.717) is 27.6 Å². The summed E-state index contributed by atoms with van der Waals surface area (Å²) in [4.78, 5) is 30.0. The summed E-state index contributed by atoms with van der Waals surface area (Å²) in [5, 5.41) is 20.9. The Morgan fingerprint density at radius 2 is 1.81 bits per heavy atom. The number of hydrogen-bond acceptors (Lipinski definition) is 8. The summed E-state index contributed by atoms with van der Waals surface area (Å²) in [5.74, 6) is -4.11. The maximum atomic E-state index is 14.4. The molecule has 0 aliphatic rings. The number of anilines is 2. The molecule has 2 N–H and O–H groups in total. The van der Waals surface area contributed by atoms with E-state index in [0.717, 1.165) is 4.57 Å². The summed E-state index contributed by atoms with van der Waals surface area (Å²) in [7, 11) is 1.72. The fraction of sp³-hybridized carbons (Fsp3) is 0.150. The summed E-state index contributed by atoms with van der Waals surface area (Å²) < 4.78 is 44.9. The molecular formula is C20H14ClF3N10O2. The first-order valence-electron chi connectivity index (χ1n) is 10.2. The van der Waals surface area contributed by atoms with E-state index in [1.54, 1.807) is 30.1 Å². The van der Waals surface area contributed by atoms with Gasteiger partial charge in [-0.05, 0) is 18.2 Å². The maximum Gasteiger partial charge on any atom is 0.355 e. The summed E-state index contributed by atoms with van der Waals surface area (Å²) >= 11 is 6.36. The van der Waals surface area contributed by atoms with Gasteiger partial charge in [0.05, 0.1) is 29.3 Å². The molecule has 16 heteroatoms. The van der Waals surface area contributed by atoms with Crippen LogP contribution in [0.4, 0.5) is 24.8 Å². The Morgan fingerprint density at radius 3 is 2.56 bits per heavy atom. The molecular weight excluding hydrogens is 505 g/mol. The standard InChI is InChI=1S/C20H14ClF3N10O2/c1-32-6-10-3-16(11(21)4-15(10)29-32)25-18-26-19(35)34(8-17-27-30-31-28-17)20(36)33(18)7-9-2-13(23)14(24)5-12(9)22/h2-6H,7-8H2,1H3,(H,25,26,35)(H,27,28,30,31). The van der Waals surface area contributed by atoms with Gasteiger partial charge in [0.25, 0.3) is 0 Å². The van der Waals surface area contributed by atoms with E-state index in [1.165, 1.54) is 0 Å². The SMILES string of the molecule is Cn1cc2cc(Nc3nc(=O)n(Cc4nn[nH]n4)c(=O)n3Cc3cc(F)c(F)cc3F)c(Cl)cc2n1. The van der Waals surface area contributed by atoms with Crippen molar-refractivity contribution in [2.24, 2.45) is 7.05 Å². The average molecular weight is 519 g/mol. The minimum atomic E-state index is -1.39. The Morgan fingerprint density at radius 1 is 1.03 bits per heavy atom. The highest BCUT2D eigenvalue weighted by molar-refractivity contribution is 6.34. The number of aromatic amines is 1. The molecule has 0 amide bonds. The zero-order chi connectivity index (χ0) is 25.6. The van der Waals surface area contributed by atoms with E-state index in [2.05, 4.69) is 36.0 Å². The second-order valence-electron chi connectivity index (χ2n) is 7.68. The number of hydrogen-bond donors (Lipinski definition) is 2. The monoisotopic (exact) mass is 518 g/mol. The second kappa shape index (κ2) is 8.92. The number of nitrogens with one attached hydrogen (secondary N) is 2. The summed E-state index contributed by atoms with van der Waals surface area (Å²) in [5.41, 5.74) is -1.44. The molecule has 0 aliphatic heterocycles. The van der Waals surface area contributed by atoms with Gasteiger partial charge < -0.3 is 5.32 Å². The number of aryl methyl sites for hydroxylation is 1. The molecule has 0 aliphatic carbocycles. The zero-order valence-electron chi connectivity index (χ0n) is 18.2. The predicted molar refractivity (Wildman–Crippen MR) is 120 cm³/mol. The molecule has 5 aromatic rings. The first-order valence-corrected chi connectivity index (χ1v) is 10.5. The van der Waals surface area contributed by atoms with E-state index < -0.39 is 41.9 Å². The quantitative estimate of drug-likeness (QED) is 0.324. The van der Waals surface area contributed by atoms with E-state index in [9.17, 15) is 22.8 Å². The van der Waals surface area contributed by atoms with Crippen LogP contribution in [0.25, 0.3) is 10.9 Å². The summed E-state index contributed by atoms with van der Waals surface area (Å²) in [6.07, 6.45) is 1.72. The Balaban J connectivity index is 1.65. The van der Waals surface area contributed by atoms with Gasteiger partial charge in [0.15, 0.2) is 17.5 Å². The number of fused-ring (bicyclic) bond motifs is 1. The lowest BCUT2D eigenvalue weighted by atomic mass is 10.2. The van der Waals surface area contributed by atoms with Crippen molar-refractivity contribution in [1.29, 1.82) is 0 Å². The summed E-state index contributed by atoms with van der Waals surface area (Å²) in [6.45, 7) is -0.999. The number of benzene rings is 2. The molecule has 3 aromatic heterocycles. The van der Waals surface area contributed by atoms with Crippen LogP contribution >= 0.6 is 11.6 Å². The Kier molecular flexibility index (Phi) is 5.75. The lowest BCUT2D eigenvalue weighted by Crippen LogP contribution is -2.43. The van der Waals surface area contributed by atoms with Crippen molar-refractivity contribution in [2.75, 3.05) is 5.32 Å². The number of halogens is 4. The van der Waals surface area contributed by atoms with Crippen LogP contribution < -0.4 is 16.7 Å². The Hall–Kier alpha value is -4.53. The third-order valence-corrected chi connectivity index (χ3v) is 5.52. The largest absolute Gasteiger partial charge is 0.355 e. The number of aromatic nitrogens is 9. The van der Waals surface area contributed by atoms with Crippen LogP contribution in [0.15, 0.2) is 40.1 Å². The van der Waals surface area contributed by atoms with Crippen LogP contribution in [0.5, 0.6) is 0 Å². The van der Waals surface area contributed by atoms with Crippen LogP contribution in [0, 0.1) is 17.5 Å². The molecule has 0 saturated heterocycles. The Labute approximate surface area is 203 Å². The van der Waals surface area contributed by atoms with Gasteiger partial charge in [-0.1, -0.05) is 16.8 Å². The number of nitrogens with zero attached hydrogens (tertiary/aromatic N) is 8. The van der Waals surface area contributed by atoms with Crippen molar-refractivity contribution >= 4 is 34.1 Å². The molecule has 0 radical (unpaired) electrons. The van der Waals surface area contributed by atoms with Gasteiger partial charge in [0.1, 0.15) is 5.82 Å². The normalized spacial score (nSPS) is 11.4. The lowest BCUT2D eigenvalue weighted by molar-refractivity contribution is 0.485. The average Bonchev–Trinajstić information content (AvgIpc) is 3.46. The number of rotatable bonds is 6. The highest BCUT2D eigenvalue weighted by Gasteiger charge is 2.19. The molecule has 0 saturated carbocycles. The van der Waals surface area contributed by atoms with Gasteiger partial charge in [-0.15, -0.1) is 10.2 Å². The third kappa shape index (κ3) is 4.31. The third-order valence-electron chi connectivity index (χ3n) is 5.21.